The topological polar surface area (TPSA) is 29.5 Å². The number of hydrogen-bond donors (Lipinski definition) is 1. The van der Waals surface area contributed by atoms with Gasteiger partial charge in [0.15, 0.2) is 0 Å². The van der Waals surface area contributed by atoms with Crippen molar-refractivity contribution in [2.24, 2.45) is 0 Å². The molecule has 3 rings (SSSR count). The minimum absolute atomic E-state index is 0.0882. The van der Waals surface area contributed by atoms with Gasteiger partial charge in [0.25, 0.3) is 0 Å². The van der Waals surface area contributed by atoms with Gasteiger partial charge in [-0.15, -0.1) is 0 Å². The van der Waals surface area contributed by atoms with Crippen LogP contribution in [-0.4, -0.2) is 11.7 Å². The van der Waals surface area contributed by atoms with Crippen LogP contribution in [0.2, 0.25) is 0 Å². The fourth-order valence-corrected chi connectivity index (χ4v) is 2.09. The van der Waals surface area contributed by atoms with Crippen molar-refractivity contribution in [3.05, 3.63) is 47.8 Å². The van der Waals surface area contributed by atoms with E-state index in [0.29, 0.717) is 12.2 Å². The van der Waals surface area contributed by atoms with Gasteiger partial charge in [0.05, 0.1) is 6.61 Å². The normalized spacial score (nSPS) is 13.2. The molecule has 3 heteroatoms. The summed E-state index contributed by atoms with van der Waals surface area (Å²) < 4.78 is 18.6. The molecule has 2 nitrogen and oxygen atoms in total. The first-order chi connectivity index (χ1) is 8.24. The lowest BCUT2D eigenvalue weighted by atomic mass is 10.0. The summed E-state index contributed by atoms with van der Waals surface area (Å²) in [6, 6.07) is 9.59. The molecule has 0 amide bonds. The van der Waals surface area contributed by atoms with Gasteiger partial charge in [-0.2, -0.15) is 0 Å². The van der Waals surface area contributed by atoms with Crippen LogP contribution in [0.15, 0.2) is 36.4 Å². The summed E-state index contributed by atoms with van der Waals surface area (Å²) in [4.78, 5) is 0. The molecule has 0 atom stereocenters. The molecular weight excluding hydrogens is 219 g/mol. The average Bonchev–Trinajstić information content (AvgIpc) is 2.79. The summed E-state index contributed by atoms with van der Waals surface area (Å²) >= 11 is 0. The maximum atomic E-state index is 13.2. The van der Waals surface area contributed by atoms with Crippen molar-refractivity contribution < 1.29 is 14.2 Å². The molecule has 0 saturated carbocycles. The molecule has 2 aromatic rings. The Labute approximate surface area is 98.3 Å². The van der Waals surface area contributed by atoms with E-state index in [1.54, 1.807) is 0 Å². The maximum Gasteiger partial charge on any atom is 0.124 e. The third-order valence-electron chi connectivity index (χ3n) is 2.96. The second kappa shape index (κ2) is 3.77. The van der Waals surface area contributed by atoms with Crippen LogP contribution in [0.3, 0.4) is 0 Å². The Hall–Kier alpha value is -2.03. The van der Waals surface area contributed by atoms with Gasteiger partial charge in [0, 0.05) is 12.0 Å². The van der Waals surface area contributed by atoms with Crippen molar-refractivity contribution in [3.8, 4) is 22.6 Å². The standard InChI is InChI=1S/C14H11FO2/c15-11-2-3-13(16)12(8-11)9-1-4-14-10(7-9)5-6-17-14/h1-4,7-8,16H,5-6H2. The molecule has 0 radical (unpaired) electrons. The Kier molecular flexibility index (Phi) is 2.25. The van der Waals surface area contributed by atoms with E-state index < -0.39 is 0 Å². The van der Waals surface area contributed by atoms with Crippen molar-refractivity contribution >= 4 is 0 Å². The van der Waals surface area contributed by atoms with Crippen molar-refractivity contribution in [1.82, 2.24) is 0 Å². The van der Waals surface area contributed by atoms with Gasteiger partial charge in [-0.05, 0) is 41.5 Å². The molecule has 0 saturated heterocycles. The van der Waals surface area contributed by atoms with E-state index in [-0.39, 0.29) is 11.6 Å². The number of rotatable bonds is 1. The fourth-order valence-electron chi connectivity index (χ4n) is 2.09. The van der Waals surface area contributed by atoms with E-state index in [4.69, 9.17) is 4.74 Å². The van der Waals surface area contributed by atoms with Gasteiger partial charge in [-0.3, -0.25) is 0 Å². The molecule has 86 valence electrons. The minimum Gasteiger partial charge on any atom is -0.507 e. The zero-order valence-electron chi connectivity index (χ0n) is 9.11. The molecule has 0 bridgehead atoms. The number of ether oxygens (including phenoxy) is 1. The first kappa shape index (κ1) is 10.1. The Morgan fingerprint density at radius 1 is 1.12 bits per heavy atom. The van der Waals surface area contributed by atoms with Gasteiger partial charge in [-0.1, -0.05) is 6.07 Å². The zero-order valence-corrected chi connectivity index (χ0v) is 9.11. The largest absolute Gasteiger partial charge is 0.507 e. The first-order valence-electron chi connectivity index (χ1n) is 5.49. The monoisotopic (exact) mass is 230 g/mol. The molecule has 1 heterocycles. The summed E-state index contributed by atoms with van der Waals surface area (Å²) in [5, 5.41) is 9.74. The van der Waals surface area contributed by atoms with Crippen molar-refractivity contribution in [3.63, 3.8) is 0 Å². The molecule has 0 aromatic heterocycles. The highest BCUT2D eigenvalue weighted by atomic mass is 19.1. The lowest BCUT2D eigenvalue weighted by Crippen LogP contribution is -1.85. The van der Waals surface area contributed by atoms with Crippen LogP contribution in [0.5, 0.6) is 11.5 Å². The molecule has 1 N–H and O–H groups in total. The molecule has 17 heavy (non-hydrogen) atoms. The Morgan fingerprint density at radius 2 is 2.00 bits per heavy atom. The number of aromatic hydroxyl groups is 1. The predicted octanol–water partition coefficient (Wildman–Crippen LogP) is 3.13. The zero-order chi connectivity index (χ0) is 11.8. The molecule has 0 unspecified atom stereocenters. The molecule has 0 spiro atoms. The van der Waals surface area contributed by atoms with E-state index in [9.17, 15) is 9.50 Å². The lowest BCUT2D eigenvalue weighted by Gasteiger charge is -2.06. The summed E-state index contributed by atoms with van der Waals surface area (Å²) in [5.41, 5.74) is 2.43. The minimum atomic E-state index is -0.352. The predicted molar refractivity (Wildman–Crippen MR) is 62.7 cm³/mol. The highest BCUT2D eigenvalue weighted by Gasteiger charge is 2.14. The Balaban J connectivity index is 2.12. The molecule has 0 aliphatic carbocycles. The number of phenols is 1. The van der Waals surface area contributed by atoms with Gasteiger partial charge in [0.2, 0.25) is 0 Å². The number of halogens is 1. The third-order valence-corrected chi connectivity index (χ3v) is 2.96. The van der Waals surface area contributed by atoms with Crippen LogP contribution in [0.25, 0.3) is 11.1 Å². The second-order valence-electron chi connectivity index (χ2n) is 4.08. The van der Waals surface area contributed by atoms with Crippen molar-refractivity contribution in [1.29, 1.82) is 0 Å². The first-order valence-corrected chi connectivity index (χ1v) is 5.49. The van der Waals surface area contributed by atoms with Crippen molar-refractivity contribution in [2.45, 2.75) is 6.42 Å². The third kappa shape index (κ3) is 1.73. The highest BCUT2D eigenvalue weighted by Crippen LogP contribution is 2.34. The number of fused-ring (bicyclic) bond motifs is 1. The molecular formula is C14H11FO2. The van der Waals surface area contributed by atoms with Gasteiger partial charge < -0.3 is 9.84 Å². The van der Waals surface area contributed by atoms with Gasteiger partial charge >= 0.3 is 0 Å². The van der Waals surface area contributed by atoms with E-state index in [1.807, 2.05) is 18.2 Å². The average molecular weight is 230 g/mol. The summed E-state index contributed by atoms with van der Waals surface area (Å²) in [5.74, 6) is 0.615. The van der Waals surface area contributed by atoms with Crippen molar-refractivity contribution in [2.75, 3.05) is 6.61 Å². The van der Waals surface area contributed by atoms with Crippen LogP contribution in [-0.2, 0) is 6.42 Å². The summed E-state index contributed by atoms with van der Waals surface area (Å²) in [6.07, 6.45) is 0.860. The van der Waals surface area contributed by atoms with Gasteiger partial charge in [-0.25, -0.2) is 4.39 Å². The molecule has 1 aliphatic heterocycles. The smallest absolute Gasteiger partial charge is 0.124 e. The number of hydrogen-bond acceptors (Lipinski definition) is 2. The number of phenolic OH excluding ortho intramolecular Hbond substituents is 1. The maximum absolute atomic E-state index is 13.2. The van der Waals surface area contributed by atoms with E-state index >= 15 is 0 Å². The van der Waals surface area contributed by atoms with Crippen LogP contribution in [0, 0.1) is 5.82 Å². The lowest BCUT2D eigenvalue weighted by molar-refractivity contribution is 0.357. The molecule has 0 fully saturated rings. The summed E-state index contributed by atoms with van der Waals surface area (Å²) in [6.45, 7) is 0.688. The molecule has 2 aromatic carbocycles. The fraction of sp³-hybridized carbons (Fsp3) is 0.143. The number of benzene rings is 2. The Bertz CT molecular complexity index is 578. The summed E-state index contributed by atoms with van der Waals surface area (Å²) in [7, 11) is 0. The Morgan fingerprint density at radius 3 is 2.88 bits per heavy atom. The van der Waals surface area contributed by atoms with Gasteiger partial charge in [0.1, 0.15) is 17.3 Å². The highest BCUT2D eigenvalue weighted by molar-refractivity contribution is 5.71. The van der Waals surface area contributed by atoms with Crippen LogP contribution in [0.4, 0.5) is 4.39 Å². The quantitative estimate of drug-likeness (QED) is 0.815. The SMILES string of the molecule is Oc1ccc(F)cc1-c1ccc2c(c1)CCO2. The van der Waals surface area contributed by atoms with E-state index in [2.05, 4.69) is 0 Å². The van der Waals surface area contributed by atoms with Crippen LogP contribution < -0.4 is 4.74 Å². The second-order valence-corrected chi connectivity index (χ2v) is 4.08. The van der Waals surface area contributed by atoms with E-state index in [1.165, 1.54) is 18.2 Å². The molecule has 1 aliphatic rings. The van der Waals surface area contributed by atoms with Crippen LogP contribution >= 0.6 is 0 Å². The van der Waals surface area contributed by atoms with E-state index in [0.717, 1.165) is 23.3 Å². The van der Waals surface area contributed by atoms with Crippen LogP contribution in [0.1, 0.15) is 5.56 Å².